The highest BCUT2D eigenvalue weighted by molar-refractivity contribution is 5.78. The summed E-state index contributed by atoms with van der Waals surface area (Å²) in [6, 6.07) is 6.50. The van der Waals surface area contributed by atoms with Crippen molar-refractivity contribution in [1.29, 1.82) is 0 Å². The number of aryl methyl sites for hydroxylation is 2. The highest BCUT2D eigenvalue weighted by Crippen LogP contribution is 2.38. The molecule has 1 aromatic rings. The second-order valence-corrected chi connectivity index (χ2v) is 7.86. The summed E-state index contributed by atoms with van der Waals surface area (Å²) < 4.78 is 0. The first-order chi connectivity index (χ1) is 11.5. The molecule has 0 aliphatic carbocycles. The zero-order valence-corrected chi connectivity index (χ0v) is 15.3. The molecule has 4 nitrogen and oxygen atoms in total. The molecular formula is C20H31N3O. The molecular weight excluding hydrogens is 298 g/mol. The number of piperidine rings is 1. The Balaban J connectivity index is 1.53. The van der Waals surface area contributed by atoms with Crippen molar-refractivity contribution >= 4 is 5.91 Å². The molecule has 0 saturated carbocycles. The van der Waals surface area contributed by atoms with E-state index in [0.29, 0.717) is 12.0 Å². The number of carbonyl (C=O) groups is 1. The first kappa shape index (κ1) is 17.4. The van der Waals surface area contributed by atoms with E-state index in [1.54, 1.807) is 0 Å². The predicted octanol–water partition coefficient (Wildman–Crippen LogP) is 2.56. The minimum atomic E-state index is 0.0628. The van der Waals surface area contributed by atoms with Crippen LogP contribution >= 0.6 is 0 Å². The summed E-state index contributed by atoms with van der Waals surface area (Å²) in [7, 11) is 0. The van der Waals surface area contributed by atoms with Gasteiger partial charge in [-0.3, -0.25) is 9.69 Å². The molecule has 2 heterocycles. The van der Waals surface area contributed by atoms with E-state index in [-0.39, 0.29) is 11.9 Å². The van der Waals surface area contributed by atoms with Crippen molar-refractivity contribution in [3.8, 4) is 0 Å². The summed E-state index contributed by atoms with van der Waals surface area (Å²) in [5.41, 5.74) is 4.16. The van der Waals surface area contributed by atoms with Gasteiger partial charge in [-0.2, -0.15) is 0 Å². The normalized spacial score (nSPS) is 21.8. The Morgan fingerprint density at radius 1 is 1.29 bits per heavy atom. The largest absolute Gasteiger partial charge is 0.348 e. The third kappa shape index (κ3) is 3.98. The van der Waals surface area contributed by atoms with E-state index in [0.717, 1.165) is 26.2 Å². The van der Waals surface area contributed by atoms with Crippen molar-refractivity contribution in [3.63, 3.8) is 0 Å². The van der Waals surface area contributed by atoms with Crippen molar-refractivity contribution in [3.05, 3.63) is 34.9 Å². The number of nitrogens with one attached hydrogen (secondary N) is 2. The first-order valence-corrected chi connectivity index (χ1v) is 9.27. The molecule has 4 heteroatoms. The summed E-state index contributed by atoms with van der Waals surface area (Å²) in [5, 5.41) is 6.64. The molecule has 2 aliphatic rings. The quantitative estimate of drug-likeness (QED) is 0.892. The molecule has 132 valence electrons. The average molecular weight is 329 g/mol. The zero-order valence-electron chi connectivity index (χ0n) is 15.3. The zero-order chi connectivity index (χ0) is 17.2. The number of hydrogen-bond acceptors (Lipinski definition) is 3. The summed E-state index contributed by atoms with van der Waals surface area (Å²) in [5.74, 6) is 0.148. The van der Waals surface area contributed by atoms with Gasteiger partial charge in [-0.25, -0.2) is 0 Å². The molecule has 3 rings (SSSR count). The fourth-order valence-electron chi connectivity index (χ4n) is 4.32. The molecule has 0 aromatic heterocycles. The third-order valence-electron chi connectivity index (χ3n) is 5.83. The minimum absolute atomic E-state index is 0.0628. The van der Waals surface area contributed by atoms with Gasteiger partial charge in [-0.05, 0) is 76.2 Å². The molecule has 1 unspecified atom stereocenters. The van der Waals surface area contributed by atoms with E-state index in [4.69, 9.17) is 0 Å². The van der Waals surface area contributed by atoms with E-state index in [1.165, 1.54) is 36.0 Å². The molecule has 2 saturated heterocycles. The third-order valence-corrected chi connectivity index (χ3v) is 5.83. The van der Waals surface area contributed by atoms with E-state index in [2.05, 4.69) is 54.5 Å². The Bertz CT molecular complexity index is 593. The van der Waals surface area contributed by atoms with Gasteiger partial charge in [-0.15, -0.1) is 0 Å². The van der Waals surface area contributed by atoms with E-state index < -0.39 is 0 Å². The summed E-state index contributed by atoms with van der Waals surface area (Å²) >= 11 is 0. The molecule has 2 fully saturated rings. The van der Waals surface area contributed by atoms with Crippen molar-refractivity contribution in [2.45, 2.75) is 46.1 Å². The molecule has 2 aliphatic heterocycles. The van der Waals surface area contributed by atoms with Crippen LogP contribution in [0.3, 0.4) is 0 Å². The number of carbonyl (C=O) groups excluding carboxylic acids is 1. The number of likely N-dealkylation sites (tertiary alicyclic amines) is 1. The Kier molecular flexibility index (Phi) is 5.26. The number of rotatable bonds is 4. The van der Waals surface area contributed by atoms with Gasteiger partial charge in [0.25, 0.3) is 0 Å². The SMILES string of the molecule is Cc1ccc(C)c(C(C)NC(=O)CN2CCC3(CCNCC3)C2)c1. The number of nitrogens with zero attached hydrogens (tertiary/aromatic N) is 1. The highest BCUT2D eigenvalue weighted by Gasteiger charge is 2.39. The van der Waals surface area contributed by atoms with Crippen LogP contribution in [0.5, 0.6) is 0 Å². The van der Waals surface area contributed by atoms with Crippen LogP contribution < -0.4 is 10.6 Å². The first-order valence-electron chi connectivity index (χ1n) is 9.27. The van der Waals surface area contributed by atoms with Crippen molar-refractivity contribution in [2.75, 3.05) is 32.7 Å². The topological polar surface area (TPSA) is 44.4 Å². The van der Waals surface area contributed by atoms with Crippen molar-refractivity contribution in [2.24, 2.45) is 5.41 Å². The predicted molar refractivity (Wildman–Crippen MR) is 98.1 cm³/mol. The van der Waals surface area contributed by atoms with Crippen LogP contribution in [0.25, 0.3) is 0 Å². The average Bonchev–Trinajstić information content (AvgIpc) is 2.92. The Morgan fingerprint density at radius 3 is 2.79 bits per heavy atom. The molecule has 1 amide bonds. The van der Waals surface area contributed by atoms with Gasteiger partial charge in [0.15, 0.2) is 0 Å². The lowest BCUT2D eigenvalue weighted by atomic mass is 9.78. The summed E-state index contributed by atoms with van der Waals surface area (Å²) in [6.45, 7) is 11.2. The highest BCUT2D eigenvalue weighted by atomic mass is 16.2. The van der Waals surface area contributed by atoms with E-state index in [1.807, 2.05) is 0 Å². The summed E-state index contributed by atoms with van der Waals surface area (Å²) in [4.78, 5) is 14.8. The molecule has 2 N–H and O–H groups in total. The van der Waals surface area contributed by atoms with Gasteiger partial charge in [-0.1, -0.05) is 23.8 Å². The van der Waals surface area contributed by atoms with Gasteiger partial charge in [0, 0.05) is 6.54 Å². The maximum Gasteiger partial charge on any atom is 0.234 e. The number of hydrogen-bond donors (Lipinski definition) is 2. The molecule has 1 aromatic carbocycles. The fourth-order valence-corrected chi connectivity index (χ4v) is 4.32. The number of benzene rings is 1. The molecule has 24 heavy (non-hydrogen) atoms. The maximum absolute atomic E-state index is 12.5. The molecule has 0 radical (unpaired) electrons. The van der Waals surface area contributed by atoms with Gasteiger partial charge in [0.05, 0.1) is 12.6 Å². The van der Waals surface area contributed by atoms with Crippen LogP contribution in [0.4, 0.5) is 0 Å². The Labute approximate surface area is 146 Å². The van der Waals surface area contributed by atoms with E-state index in [9.17, 15) is 4.79 Å². The second-order valence-electron chi connectivity index (χ2n) is 7.86. The van der Waals surface area contributed by atoms with Crippen LogP contribution in [0, 0.1) is 19.3 Å². The second kappa shape index (κ2) is 7.24. The Hall–Kier alpha value is -1.39. The summed E-state index contributed by atoms with van der Waals surface area (Å²) in [6.07, 6.45) is 3.75. The van der Waals surface area contributed by atoms with Crippen molar-refractivity contribution < 1.29 is 4.79 Å². The van der Waals surface area contributed by atoms with E-state index >= 15 is 0 Å². The lowest BCUT2D eigenvalue weighted by Gasteiger charge is -2.33. The molecule has 1 spiro atoms. The smallest absolute Gasteiger partial charge is 0.234 e. The molecule has 1 atom stereocenters. The monoisotopic (exact) mass is 329 g/mol. The lowest BCUT2D eigenvalue weighted by molar-refractivity contribution is -0.122. The van der Waals surface area contributed by atoms with Gasteiger partial charge in [0.2, 0.25) is 5.91 Å². The Morgan fingerprint density at radius 2 is 2.04 bits per heavy atom. The van der Waals surface area contributed by atoms with Gasteiger partial charge >= 0.3 is 0 Å². The van der Waals surface area contributed by atoms with Crippen LogP contribution in [-0.4, -0.2) is 43.5 Å². The van der Waals surface area contributed by atoms with Gasteiger partial charge < -0.3 is 10.6 Å². The van der Waals surface area contributed by atoms with Crippen LogP contribution in [0.15, 0.2) is 18.2 Å². The van der Waals surface area contributed by atoms with Gasteiger partial charge in [0.1, 0.15) is 0 Å². The lowest BCUT2D eigenvalue weighted by Crippen LogP contribution is -2.41. The van der Waals surface area contributed by atoms with Crippen LogP contribution in [-0.2, 0) is 4.79 Å². The minimum Gasteiger partial charge on any atom is -0.348 e. The fraction of sp³-hybridized carbons (Fsp3) is 0.650. The molecule has 0 bridgehead atoms. The maximum atomic E-state index is 12.5. The van der Waals surface area contributed by atoms with Crippen LogP contribution in [0.2, 0.25) is 0 Å². The standard InChI is InChI=1S/C20H31N3O/c1-15-4-5-16(2)18(12-15)17(3)22-19(24)13-23-11-8-20(14-23)6-9-21-10-7-20/h4-5,12,17,21H,6-11,13-14H2,1-3H3,(H,22,24). The number of amides is 1. The van der Waals surface area contributed by atoms with Crippen molar-refractivity contribution in [1.82, 2.24) is 15.5 Å². The van der Waals surface area contributed by atoms with Crippen LogP contribution in [0.1, 0.15) is 48.9 Å².